The fourth-order valence-electron chi connectivity index (χ4n) is 2.82. The van der Waals surface area contributed by atoms with Crippen LogP contribution in [0, 0.1) is 15.9 Å². The van der Waals surface area contributed by atoms with Gasteiger partial charge in [-0.2, -0.15) is 0 Å². The second kappa shape index (κ2) is 8.13. The van der Waals surface area contributed by atoms with Crippen LogP contribution in [0.15, 0.2) is 47.5 Å². The molecule has 0 aromatic heterocycles. The van der Waals surface area contributed by atoms with E-state index in [4.69, 9.17) is 0 Å². The molecule has 1 N–H and O–H groups in total. The molecule has 2 aromatic carbocycles. The smallest absolute Gasteiger partial charge is 0.270 e. The van der Waals surface area contributed by atoms with Gasteiger partial charge in [0.25, 0.3) is 11.6 Å². The Labute approximate surface area is 161 Å². The van der Waals surface area contributed by atoms with Crippen LogP contribution in [0.3, 0.4) is 0 Å². The molecule has 1 amide bonds. The number of carbonyl (C=O) groups excluding carboxylic acids is 1. The number of hydrogen-bond acceptors (Lipinski definition) is 5. The molecule has 1 fully saturated rings. The first-order valence-electron chi connectivity index (χ1n) is 8.66. The number of benzene rings is 2. The number of hydrogen-bond donors (Lipinski definition) is 1. The van der Waals surface area contributed by atoms with E-state index in [1.165, 1.54) is 30.3 Å². The standard InChI is InChI=1S/C19H20FN5O3/c1-23-9-10-24(2)18(12-23)21-16-8-7-13(25(27)28)11-14(16)19(26)22-17-6-4-3-5-15(17)20/h3-8,11H,9-10,12H2,1-2H3,(H,22,26). The maximum absolute atomic E-state index is 13.9. The number of carbonyl (C=O) groups is 1. The summed E-state index contributed by atoms with van der Waals surface area (Å²) in [6, 6.07) is 9.61. The van der Waals surface area contributed by atoms with Crippen molar-refractivity contribution in [3.8, 4) is 0 Å². The molecule has 0 saturated carbocycles. The van der Waals surface area contributed by atoms with Crippen molar-refractivity contribution in [1.29, 1.82) is 0 Å². The zero-order valence-corrected chi connectivity index (χ0v) is 15.6. The number of likely N-dealkylation sites (N-methyl/N-ethyl adjacent to an activating group) is 2. The average molecular weight is 385 g/mol. The van der Waals surface area contributed by atoms with Crippen LogP contribution < -0.4 is 5.32 Å². The highest BCUT2D eigenvalue weighted by Gasteiger charge is 2.21. The Balaban J connectivity index is 2.00. The maximum atomic E-state index is 13.9. The Kier molecular flexibility index (Phi) is 5.65. The zero-order chi connectivity index (χ0) is 20.3. The van der Waals surface area contributed by atoms with E-state index >= 15 is 0 Å². The number of para-hydroxylation sites is 1. The van der Waals surface area contributed by atoms with Gasteiger partial charge in [0, 0.05) is 32.3 Å². The summed E-state index contributed by atoms with van der Waals surface area (Å²) in [6.07, 6.45) is 0. The lowest BCUT2D eigenvalue weighted by Crippen LogP contribution is -2.46. The number of nitro benzene ring substituents is 1. The van der Waals surface area contributed by atoms with Crippen molar-refractivity contribution < 1.29 is 14.1 Å². The lowest BCUT2D eigenvalue weighted by molar-refractivity contribution is -0.384. The van der Waals surface area contributed by atoms with Gasteiger partial charge >= 0.3 is 0 Å². The summed E-state index contributed by atoms with van der Waals surface area (Å²) >= 11 is 0. The second-order valence-electron chi connectivity index (χ2n) is 6.58. The SMILES string of the molecule is CN1CCN(C)C(=Nc2ccc([N+](=O)[O-])cc2C(=O)Nc2ccccc2F)C1. The normalized spacial score (nSPS) is 16.2. The van der Waals surface area contributed by atoms with E-state index in [2.05, 4.69) is 15.2 Å². The second-order valence-corrected chi connectivity index (χ2v) is 6.58. The molecule has 28 heavy (non-hydrogen) atoms. The molecule has 1 aliphatic rings. The Morgan fingerprint density at radius 1 is 1.21 bits per heavy atom. The monoisotopic (exact) mass is 385 g/mol. The Morgan fingerprint density at radius 2 is 1.96 bits per heavy atom. The number of nitrogens with zero attached hydrogens (tertiary/aromatic N) is 4. The van der Waals surface area contributed by atoms with Gasteiger partial charge in [0.05, 0.1) is 28.4 Å². The molecule has 0 atom stereocenters. The summed E-state index contributed by atoms with van der Waals surface area (Å²) in [4.78, 5) is 31.9. The number of amidine groups is 1. The Hall–Kier alpha value is -3.33. The molecule has 0 spiro atoms. The van der Waals surface area contributed by atoms with Crippen molar-refractivity contribution in [3.05, 3.63) is 64.0 Å². The van der Waals surface area contributed by atoms with Crippen LogP contribution in [0.4, 0.5) is 21.5 Å². The molecule has 0 radical (unpaired) electrons. The van der Waals surface area contributed by atoms with Crippen LogP contribution in [0.5, 0.6) is 0 Å². The van der Waals surface area contributed by atoms with Crippen LogP contribution in [-0.2, 0) is 0 Å². The van der Waals surface area contributed by atoms with Gasteiger partial charge in [0.1, 0.15) is 11.7 Å². The summed E-state index contributed by atoms with van der Waals surface area (Å²) in [6.45, 7) is 2.25. The van der Waals surface area contributed by atoms with E-state index in [0.29, 0.717) is 6.54 Å². The highest BCUT2D eigenvalue weighted by atomic mass is 19.1. The van der Waals surface area contributed by atoms with E-state index in [-0.39, 0.29) is 22.6 Å². The first-order chi connectivity index (χ1) is 13.3. The van der Waals surface area contributed by atoms with Crippen molar-refractivity contribution in [3.63, 3.8) is 0 Å². The number of amides is 1. The van der Waals surface area contributed by atoms with E-state index in [9.17, 15) is 19.3 Å². The third-order valence-electron chi connectivity index (χ3n) is 4.48. The van der Waals surface area contributed by atoms with Crippen molar-refractivity contribution in [2.45, 2.75) is 0 Å². The highest BCUT2D eigenvalue weighted by Crippen LogP contribution is 2.27. The average Bonchev–Trinajstić information content (AvgIpc) is 2.66. The van der Waals surface area contributed by atoms with Crippen LogP contribution in [-0.4, -0.2) is 60.2 Å². The molecule has 3 rings (SSSR count). The van der Waals surface area contributed by atoms with E-state index in [1.54, 1.807) is 6.07 Å². The molecule has 8 nitrogen and oxygen atoms in total. The van der Waals surface area contributed by atoms with Gasteiger partial charge in [-0.25, -0.2) is 9.38 Å². The summed E-state index contributed by atoms with van der Waals surface area (Å²) in [7, 11) is 3.86. The molecule has 146 valence electrons. The van der Waals surface area contributed by atoms with Crippen LogP contribution in [0.25, 0.3) is 0 Å². The summed E-state index contributed by atoms with van der Waals surface area (Å²) in [5, 5.41) is 13.6. The Bertz CT molecular complexity index is 947. The molecular formula is C19H20FN5O3. The van der Waals surface area contributed by atoms with E-state index in [1.807, 2.05) is 19.0 Å². The number of non-ortho nitro benzene ring substituents is 1. The first-order valence-corrected chi connectivity index (χ1v) is 8.66. The largest absolute Gasteiger partial charge is 0.361 e. The van der Waals surface area contributed by atoms with Gasteiger partial charge in [-0.1, -0.05) is 12.1 Å². The zero-order valence-electron chi connectivity index (χ0n) is 15.6. The van der Waals surface area contributed by atoms with Crippen molar-refractivity contribution >= 4 is 28.8 Å². The molecular weight excluding hydrogens is 365 g/mol. The van der Waals surface area contributed by atoms with E-state index in [0.717, 1.165) is 25.0 Å². The van der Waals surface area contributed by atoms with Gasteiger partial charge in [-0.3, -0.25) is 19.8 Å². The van der Waals surface area contributed by atoms with Crippen LogP contribution >= 0.6 is 0 Å². The number of rotatable bonds is 4. The van der Waals surface area contributed by atoms with Crippen molar-refractivity contribution in [1.82, 2.24) is 9.80 Å². The number of anilines is 1. The van der Waals surface area contributed by atoms with Crippen molar-refractivity contribution in [2.75, 3.05) is 39.0 Å². The molecule has 1 heterocycles. The molecule has 0 bridgehead atoms. The lowest BCUT2D eigenvalue weighted by atomic mass is 10.1. The van der Waals surface area contributed by atoms with Gasteiger partial charge < -0.3 is 10.2 Å². The molecule has 1 saturated heterocycles. The minimum atomic E-state index is -0.667. The number of halogens is 1. The number of aliphatic imine (C=N–C) groups is 1. The molecule has 0 unspecified atom stereocenters. The molecule has 1 aliphatic heterocycles. The quantitative estimate of drug-likeness (QED) is 0.645. The fraction of sp³-hybridized carbons (Fsp3) is 0.263. The third kappa shape index (κ3) is 4.32. The van der Waals surface area contributed by atoms with Gasteiger partial charge in [0.2, 0.25) is 0 Å². The molecule has 9 heteroatoms. The fourth-order valence-corrected chi connectivity index (χ4v) is 2.82. The summed E-state index contributed by atoms with van der Waals surface area (Å²) < 4.78 is 13.9. The number of nitro groups is 1. The van der Waals surface area contributed by atoms with Crippen LogP contribution in [0.2, 0.25) is 0 Å². The number of piperazine rings is 1. The number of nitrogens with one attached hydrogen (secondary N) is 1. The predicted octanol–water partition coefficient (Wildman–Crippen LogP) is 2.89. The van der Waals surface area contributed by atoms with E-state index < -0.39 is 16.6 Å². The topological polar surface area (TPSA) is 91.1 Å². The van der Waals surface area contributed by atoms with Gasteiger partial charge in [-0.05, 0) is 25.2 Å². The predicted molar refractivity (Wildman–Crippen MR) is 105 cm³/mol. The molecule has 2 aromatic rings. The third-order valence-corrected chi connectivity index (χ3v) is 4.48. The first kappa shape index (κ1) is 19.4. The van der Waals surface area contributed by atoms with Crippen LogP contribution in [0.1, 0.15) is 10.4 Å². The summed E-state index contributed by atoms with van der Waals surface area (Å²) in [5.74, 6) is -0.523. The van der Waals surface area contributed by atoms with Crippen molar-refractivity contribution in [2.24, 2.45) is 4.99 Å². The highest BCUT2D eigenvalue weighted by molar-refractivity contribution is 6.08. The minimum Gasteiger partial charge on any atom is -0.361 e. The van der Waals surface area contributed by atoms with Gasteiger partial charge in [-0.15, -0.1) is 0 Å². The van der Waals surface area contributed by atoms with Gasteiger partial charge in [0.15, 0.2) is 0 Å². The molecule has 0 aliphatic carbocycles. The maximum Gasteiger partial charge on any atom is 0.270 e. The minimum absolute atomic E-state index is 0.00609. The Morgan fingerprint density at radius 3 is 2.68 bits per heavy atom. The summed E-state index contributed by atoms with van der Waals surface area (Å²) in [5.41, 5.74) is 0.0482. The lowest BCUT2D eigenvalue weighted by Gasteiger charge is -2.32.